The molecule has 0 aromatic heterocycles. The minimum Gasteiger partial charge on any atom is -0.481 e. The third-order valence-electron chi connectivity index (χ3n) is 2.62. The molecule has 19 heavy (non-hydrogen) atoms. The zero-order valence-corrected chi connectivity index (χ0v) is 12.2. The molecule has 0 spiro atoms. The normalized spacial score (nSPS) is 10.9. The van der Waals surface area contributed by atoms with Gasteiger partial charge >= 0.3 is 5.97 Å². The number of carbonyl (C=O) groups is 3. The molecule has 0 aromatic rings. The number of carboxylic acids is 1. The minimum absolute atomic E-state index is 0.0539. The fourth-order valence-corrected chi connectivity index (χ4v) is 1.33. The Hall–Kier alpha value is -1.59. The molecule has 0 radical (unpaired) electrons. The van der Waals surface area contributed by atoms with Crippen LogP contribution in [-0.2, 0) is 14.4 Å². The van der Waals surface area contributed by atoms with Gasteiger partial charge in [-0.1, -0.05) is 20.8 Å². The number of hydrogen-bond donors (Lipinski definition) is 2. The lowest BCUT2D eigenvalue weighted by molar-refractivity contribution is -0.138. The van der Waals surface area contributed by atoms with Crippen LogP contribution in [0.4, 0.5) is 0 Å². The number of carbonyl (C=O) groups excluding carboxylic acids is 2. The van der Waals surface area contributed by atoms with E-state index in [1.54, 1.807) is 7.05 Å². The van der Waals surface area contributed by atoms with Crippen LogP contribution in [0.2, 0.25) is 0 Å². The Morgan fingerprint density at radius 1 is 1.16 bits per heavy atom. The van der Waals surface area contributed by atoms with Crippen LogP contribution >= 0.6 is 0 Å². The van der Waals surface area contributed by atoms with Gasteiger partial charge in [-0.25, -0.2) is 0 Å². The predicted molar refractivity (Wildman–Crippen MR) is 71.6 cm³/mol. The van der Waals surface area contributed by atoms with Crippen LogP contribution in [0.5, 0.6) is 0 Å². The summed E-state index contributed by atoms with van der Waals surface area (Å²) < 4.78 is 0. The van der Waals surface area contributed by atoms with Crippen LogP contribution in [0.1, 0.15) is 40.0 Å². The fourth-order valence-electron chi connectivity index (χ4n) is 1.33. The molecule has 110 valence electrons. The molecule has 2 amide bonds. The zero-order valence-electron chi connectivity index (χ0n) is 12.2. The van der Waals surface area contributed by atoms with Crippen LogP contribution in [0.25, 0.3) is 0 Å². The maximum Gasteiger partial charge on any atom is 0.303 e. The van der Waals surface area contributed by atoms with Crippen molar-refractivity contribution in [1.82, 2.24) is 10.2 Å². The highest BCUT2D eigenvalue weighted by molar-refractivity contribution is 5.82. The van der Waals surface area contributed by atoms with E-state index in [0.29, 0.717) is 19.5 Å². The molecule has 0 atom stereocenters. The molecule has 2 N–H and O–H groups in total. The summed E-state index contributed by atoms with van der Waals surface area (Å²) in [6, 6.07) is 0. The summed E-state index contributed by atoms with van der Waals surface area (Å²) in [6.07, 6.45) is 0.718. The van der Waals surface area contributed by atoms with Gasteiger partial charge in [0, 0.05) is 38.4 Å². The van der Waals surface area contributed by atoms with Crippen LogP contribution in [0, 0.1) is 5.41 Å². The van der Waals surface area contributed by atoms with E-state index >= 15 is 0 Å². The summed E-state index contributed by atoms with van der Waals surface area (Å²) in [4.78, 5) is 35.1. The van der Waals surface area contributed by atoms with Crippen molar-refractivity contribution in [3.63, 3.8) is 0 Å². The quantitative estimate of drug-likeness (QED) is 0.719. The number of hydrogen-bond acceptors (Lipinski definition) is 3. The number of nitrogens with one attached hydrogen (secondary N) is 1. The average molecular weight is 272 g/mol. The Labute approximate surface area is 114 Å². The Balaban J connectivity index is 3.85. The monoisotopic (exact) mass is 272 g/mol. The maximum absolute atomic E-state index is 11.7. The van der Waals surface area contributed by atoms with E-state index in [0.717, 1.165) is 0 Å². The van der Waals surface area contributed by atoms with Gasteiger partial charge < -0.3 is 15.3 Å². The molecule has 0 unspecified atom stereocenters. The summed E-state index contributed by atoms with van der Waals surface area (Å²) in [5.41, 5.74) is -0.462. The molecule has 0 rings (SSSR count). The van der Waals surface area contributed by atoms with Crippen LogP contribution in [0.3, 0.4) is 0 Å². The highest BCUT2D eigenvalue weighted by atomic mass is 16.4. The molecular formula is C13H24N2O4. The summed E-state index contributed by atoms with van der Waals surface area (Å²) >= 11 is 0. The van der Waals surface area contributed by atoms with E-state index < -0.39 is 11.4 Å². The van der Waals surface area contributed by atoms with Gasteiger partial charge in [-0.05, 0) is 6.42 Å². The molecule has 0 aliphatic carbocycles. The largest absolute Gasteiger partial charge is 0.481 e. The summed E-state index contributed by atoms with van der Waals surface area (Å²) in [7, 11) is 1.63. The molecular weight excluding hydrogens is 248 g/mol. The molecule has 0 heterocycles. The Morgan fingerprint density at radius 2 is 1.74 bits per heavy atom. The summed E-state index contributed by atoms with van der Waals surface area (Å²) in [5.74, 6) is -1.05. The first-order valence-corrected chi connectivity index (χ1v) is 6.38. The van der Waals surface area contributed by atoms with Gasteiger partial charge in [0.25, 0.3) is 0 Å². The van der Waals surface area contributed by atoms with Crippen molar-refractivity contribution in [1.29, 1.82) is 0 Å². The van der Waals surface area contributed by atoms with Gasteiger partial charge in [0.2, 0.25) is 11.8 Å². The zero-order chi connectivity index (χ0) is 15.1. The molecule has 0 fully saturated rings. The molecule has 6 nitrogen and oxygen atoms in total. The van der Waals surface area contributed by atoms with Gasteiger partial charge in [0.15, 0.2) is 0 Å². The average Bonchev–Trinajstić information content (AvgIpc) is 2.26. The molecule has 6 heteroatoms. The molecule has 0 aromatic carbocycles. The SMILES string of the molecule is CN(CCCC(=O)O)C(=O)CCNC(=O)C(C)(C)C. The fraction of sp³-hybridized carbons (Fsp3) is 0.769. The van der Waals surface area contributed by atoms with Crippen molar-refractivity contribution >= 4 is 17.8 Å². The highest BCUT2D eigenvalue weighted by Crippen LogP contribution is 2.12. The molecule has 0 saturated heterocycles. The van der Waals surface area contributed by atoms with Crippen molar-refractivity contribution < 1.29 is 19.5 Å². The lowest BCUT2D eigenvalue weighted by Crippen LogP contribution is -2.37. The molecule has 0 bridgehead atoms. The van der Waals surface area contributed by atoms with Crippen molar-refractivity contribution in [3.8, 4) is 0 Å². The smallest absolute Gasteiger partial charge is 0.303 e. The molecule has 0 aliphatic rings. The molecule has 0 saturated carbocycles. The Bertz CT molecular complexity index is 334. The second-order valence-corrected chi connectivity index (χ2v) is 5.57. The van der Waals surface area contributed by atoms with Gasteiger partial charge in [-0.15, -0.1) is 0 Å². The standard InChI is InChI=1S/C13H24N2O4/c1-13(2,3)12(19)14-8-7-10(16)15(4)9-5-6-11(17)18/h5-9H2,1-4H3,(H,14,19)(H,17,18). The first kappa shape index (κ1) is 17.4. The van der Waals surface area contributed by atoms with E-state index in [1.807, 2.05) is 20.8 Å². The second-order valence-electron chi connectivity index (χ2n) is 5.57. The second kappa shape index (κ2) is 7.76. The number of amides is 2. The van der Waals surface area contributed by atoms with Crippen molar-refractivity contribution in [2.24, 2.45) is 5.41 Å². The van der Waals surface area contributed by atoms with E-state index in [-0.39, 0.29) is 24.7 Å². The first-order chi connectivity index (χ1) is 8.64. The highest BCUT2D eigenvalue weighted by Gasteiger charge is 2.20. The minimum atomic E-state index is -0.863. The van der Waals surface area contributed by atoms with Gasteiger partial charge in [-0.2, -0.15) is 0 Å². The lowest BCUT2D eigenvalue weighted by Gasteiger charge is -2.19. The van der Waals surface area contributed by atoms with E-state index in [4.69, 9.17) is 5.11 Å². The first-order valence-electron chi connectivity index (χ1n) is 6.38. The van der Waals surface area contributed by atoms with Crippen molar-refractivity contribution in [3.05, 3.63) is 0 Å². The van der Waals surface area contributed by atoms with Crippen molar-refractivity contribution in [2.75, 3.05) is 20.1 Å². The molecule has 0 aliphatic heterocycles. The summed E-state index contributed by atoms with van der Waals surface area (Å²) in [5, 5.41) is 11.2. The van der Waals surface area contributed by atoms with E-state index in [1.165, 1.54) is 4.90 Å². The predicted octanol–water partition coefficient (Wildman–Crippen LogP) is 0.862. The third kappa shape index (κ3) is 8.18. The van der Waals surface area contributed by atoms with E-state index in [9.17, 15) is 14.4 Å². The Morgan fingerprint density at radius 3 is 2.21 bits per heavy atom. The number of aliphatic carboxylic acids is 1. The Kier molecular flexibility index (Phi) is 7.11. The maximum atomic E-state index is 11.7. The van der Waals surface area contributed by atoms with E-state index in [2.05, 4.69) is 5.32 Å². The summed E-state index contributed by atoms with van der Waals surface area (Å²) in [6.45, 7) is 6.14. The van der Waals surface area contributed by atoms with Crippen molar-refractivity contribution in [2.45, 2.75) is 40.0 Å². The van der Waals surface area contributed by atoms with Gasteiger partial charge in [0.05, 0.1) is 0 Å². The third-order valence-corrected chi connectivity index (χ3v) is 2.62. The topological polar surface area (TPSA) is 86.7 Å². The number of nitrogens with zero attached hydrogens (tertiary/aromatic N) is 1. The van der Waals surface area contributed by atoms with Gasteiger partial charge in [0.1, 0.15) is 0 Å². The van der Waals surface area contributed by atoms with Gasteiger partial charge in [-0.3, -0.25) is 14.4 Å². The number of rotatable bonds is 7. The van der Waals surface area contributed by atoms with Crippen LogP contribution < -0.4 is 5.32 Å². The lowest BCUT2D eigenvalue weighted by atomic mass is 9.96. The number of carboxylic acid groups (broad SMARTS) is 1. The van der Waals surface area contributed by atoms with Crippen LogP contribution in [-0.4, -0.2) is 47.9 Å². The van der Waals surface area contributed by atoms with Crippen LogP contribution in [0.15, 0.2) is 0 Å².